The van der Waals surface area contributed by atoms with Crippen molar-refractivity contribution in [2.45, 2.75) is 32.4 Å². The van der Waals surface area contributed by atoms with Gasteiger partial charge in [-0.1, -0.05) is 18.2 Å². The third-order valence-corrected chi connectivity index (χ3v) is 4.65. The van der Waals surface area contributed by atoms with Crippen molar-refractivity contribution in [1.82, 2.24) is 14.8 Å². The fraction of sp³-hybridized carbons (Fsp3) is 0.429. The molecule has 1 aromatic heterocycles. The van der Waals surface area contributed by atoms with Crippen LogP contribution in [0.5, 0.6) is 5.75 Å². The molecule has 0 N–H and O–H groups in total. The third kappa shape index (κ3) is 5.30. The van der Waals surface area contributed by atoms with Crippen LogP contribution in [0.3, 0.4) is 0 Å². The smallest absolute Gasteiger partial charge is 0.236 e. The van der Waals surface area contributed by atoms with Gasteiger partial charge in [0, 0.05) is 38.7 Å². The zero-order chi connectivity index (χ0) is 18.4. The van der Waals surface area contributed by atoms with Crippen LogP contribution >= 0.6 is 0 Å². The highest BCUT2D eigenvalue weighted by Crippen LogP contribution is 2.20. The molecule has 1 aliphatic heterocycles. The Morgan fingerprint density at radius 2 is 2.04 bits per heavy atom. The van der Waals surface area contributed by atoms with Crippen molar-refractivity contribution in [2.24, 2.45) is 0 Å². The lowest BCUT2D eigenvalue weighted by molar-refractivity contribution is -0.134. The zero-order valence-electron chi connectivity index (χ0n) is 15.6. The molecule has 0 atom stereocenters. The van der Waals surface area contributed by atoms with Crippen molar-refractivity contribution < 1.29 is 9.53 Å². The summed E-state index contributed by atoms with van der Waals surface area (Å²) in [6, 6.07) is 14.0. The lowest BCUT2D eigenvalue weighted by Gasteiger charge is -2.33. The number of likely N-dealkylation sites (N-methyl/N-ethyl adjacent to an activating group) is 1. The number of pyridine rings is 1. The molecule has 0 saturated carbocycles. The minimum Gasteiger partial charge on any atom is -0.490 e. The summed E-state index contributed by atoms with van der Waals surface area (Å²) in [7, 11) is 1.96. The maximum atomic E-state index is 12.5. The lowest BCUT2D eigenvalue weighted by Crippen LogP contribution is -2.45. The van der Waals surface area contributed by atoms with E-state index in [0.29, 0.717) is 13.1 Å². The van der Waals surface area contributed by atoms with Crippen LogP contribution < -0.4 is 4.74 Å². The molecule has 5 nitrogen and oxygen atoms in total. The number of rotatable bonds is 6. The molecule has 0 bridgehead atoms. The van der Waals surface area contributed by atoms with E-state index in [2.05, 4.69) is 24.0 Å². The normalized spacial score (nSPS) is 15.3. The van der Waals surface area contributed by atoms with Crippen molar-refractivity contribution in [2.75, 3.05) is 26.7 Å². The number of carbonyl (C=O) groups excluding carboxylic acids is 1. The fourth-order valence-electron chi connectivity index (χ4n) is 3.26. The summed E-state index contributed by atoms with van der Waals surface area (Å²) in [5.74, 6) is 1.10. The Hall–Kier alpha value is -2.40. The van der Waals surface area contributed by atoms with Crippen molar-refractivity contribution in [1.29, 1.82) is 0 Å². The van der Waals surface area contributed by atoms with E-state index < -0.39 is 0 Å². The number of ether oxygens (including phenoxy) is 1. The summed E-state index contributed by atoms with van der Waals surface area (Å²) in [5.41, 5.74) is 2.18. The van der Waals surface area contributed by atoms with Gasteiger partial charge in [-0.05, 0) is 43.8 Å². The Labute approximate surface area is 155 Å². The van der Waals surface area contributed by atoms with E-state index in [1.165, 1.54) is 5.56 Å². The molecule has 1 fully saturated rings. The van der Waals surface area contributed by atoms with E-state index in [1.807, 2.05) is 47.2 Å². The molecule has 0 spiro atoms. The second-order valence-electron chi connectivity index (χ2n) is 7.01. The van der Waals surface area contributed by atoms with Crippen molar-refractivity contribution in [3.8, 4) is 5.75 Å². The first-order valence-electron chi connectivity index (χ1n) is 9.20. The number of piperidine rings is 1. The highest BCUT2D eigenvalue weighted by Gasteiger charge is 2.24. The average molecular weight is 353 g/mol. The quantitative estimate of drug-likeness (QED) is 0.801. The van der Waals surface area contributed by atoms with Crippen LogP contribution in [-0.4, -0.2) is 53.5 Å². The second-order valence-corrected chi connectivity index (χ2v) is 7.01. The highest BCUT2D eigenvalue weighted by molar-refractivity contribution is 5.78. The largest absolute Gasteiger partial charge is 0.490 e. The highest BCUT2D eigenvalue weighted by atomic mass is 16.5. The van der Waals surface area contributed by atoms with Gasteiger partial charge in [-0.15, -0.1) is 0 Å². The molecule has 138 valence electrons. The number of aryl methyl sites for hydroxylation is 1. The zero-order valence-corrected chi connectivity index (χ0v) is 15.6. The standard InChI is InChI=1S/C21H27N3O2/c1-17-6-5-8-20(14-17)26-19-9-12-24(13-10-19)21(25)16-23(2)15-18-7-3-4-11-22-18/h3-8,11,14,19H,9-10,12-13,15-16H2,1-2H3. The molecule has 3 rings (SSSR count). The van der Waals surface area contributed by atoms with Gasteiger partial charge in [0.1, 0.15) is 11.9 Å². The van der Waals surface area contributed by atoms with Crippen molar-refractivity contribution in [3.63, 3.8) is 0 Å². The molecule has 1 saturated heterocycles. The molecule has 1 aliphatic rings. The number of nitrogens with zero attached hydrogens (tertiary/aromatic N) is 3. The monoisotopic (exact) mass is 353 g/mol. The molecule has 2 heterocycles. The molecule has 0 radical (unpaired) electrons. The Balaban J connectivity index is 1.43. The third-order valence-electron chi connectivity index (χ3n) is 4.65. The van der Waals surface area contributed by atoms with Gasteiger partial charge < -0.3 is 9.64 Å². The predicted molar refractivity (Wildman–Crippen MR) is 102 cm³/mol. The van der Waals surface area contributed by atoms with Crippen LogP contribution in [0.1, 0.15) is 24.1 Å². The first-order chi connectivity index (χ1) is 12.6. The summed E-state index contributed by atoms with van der Waals surface area (Å²) in [5, 5.41) is 0. The second kappa shape index (κ2) is 8.81. The summed E-state index contributed by atoms with van der Waals surface area (Å²) in [6.07, 6.45) is 3.73. The molecule has 0 aliphatic carbocycles. The molecule has 1 aromatic carbocycles. The number of carbonyl (C=O) groups is 1. The van der Waals surface area contributed by atoms with Crippen LogP contribution in [0.4, 0.5) is 0 Å². The Kier molecular flexibility index (Phi) is 6.23. The van der Waals surface area contributed by atoms with E-state index in [0.717, 1.165) is 37.4 Å². The summed E-state index contributed by atoms with van der Waals surface area (Å²) in [4.78, 5) is 20.8. The Morgan fingerprint density at radius 1 is 1.23 bits per heavy atom. The van der Waals surface area contributed by atoms with Crippen molar-refractivity contribution in [3.05, 3.63) is 59.9 Å². The number of aromatic nitrogens is 1. The van der Waals surface area contributed by atoms with Crippen LogP contribution in [0.2, 0.25) is 0 Å². The maximum absolute atomic E-state index is 12.5. The van der Waals surface area contributed by atoms with E-state index in [4.69, 9.17) is 4.74 Å². The first-order valence-corrected chi connectivity index (χ1v) is 9.20. The van der Waals surface area contributed by atoms with E-state index in [9.17, 15) is 4.79 Å². The predicted octanol–water partition coefficient (Wildman–Crippen LogP) is 2.89. The Bertz CT molecular complexity index is 712. The first kappa shape index (κ1) is 18.4. The maximum Gasteiger partial charge on any atom is 0.236 e. The summed E-state index contributed by atoms with van der Waals surface area (Å²) < 4.78 is 6.07. The van der Waals surface area contributed by atoms with Gasteiger partial charge in [0.25, 0.3) is 0 Å². The fourth-order valence-corrected chi connectivity index (χ4v) is 3.26. The molecule has 2 aromatic rings. The summed E-state index contributed by atoms with van der Waals surface area (Å²) in [6.45, 7) is 4.68. The van der Waals surface area contributed by atoms with E-state index in [1.54, 1.807) is 6.20 Å². The van der Waals surface area contributed by atoms with Crippen LogP contribution in [-0.2, 0) is 11.3 Å². The van der Waals surface area contributed by atoms with E-state index in [-0.39, 0.29) is 12.0 Å². The van der Waals surface area contributed by atoms with Crippen LogP contribution in [0.15, 0.2) is 48.7 Å². The van der Waals surface area contributed by atoms with Crippen molar-refractivity contribution >= 4 is 5.91 Å². The van der Waals surface area contributed by atoms with Gasteiger partial charge in [-0.3, -0.25) is 14.7 Å². The summed E-state index contributed by atoms with van der Waals surface area (Å²) >= 11 is 0. The molecule has 1 amide bonds. The number of hydrogen-bond donors (Lipinski definition) is 0. The number of likely N-dealkylation sites (tertiary alicyclic amines) is 1. The van der Waals surface area contributed by atoms with Gasteiger partial charge in [0.15, 0.2) is 0 Å². The lowest BCUT2D eigenvalue weighted by atomic mass is 10.1. The molecule has 5 heteroatoms. The van der Waals surface area contributed by atoms with Gasteiger partial charge >= 0.3 is 0 Å². The Morgan fingerprint density at radius 3 is 2.73 bits per heavy atom. The van der Waals surface area contributed by atoms with Gasteiger partial charge in [0.2, 0.25) is 5.91 Å². The van der Waals surface area contributed by atoms with Crippen LogP contribution in [0.25, 0.3) is 0 Å². The number of amides is 1. The van der Waals surface area contributed by atoms with Gasteiger partial charge in [0.05, 0.1) is 12.2 Å². The number of benzene rings is 1. The molecule has 0 unspecified atom stereocenters. The average Bonchev–Trinajstić information content (AvgIpc) is 2.63. The van der Waals surface area contributed by atoms with Gasteiger partial charge in [-0.25, -0.2) is 0 Å². The minimum atomic E-state index is 0.178. The molecule has 26 heavy (non-hydrogen) atoms. The SMILES string of the molecule is Cc1cccc(OC2CCN(C(=O)CN(C)Cc3ccccn3)CC2)c1. The van der Waals surface area contributed by atoms with E-state index >= 15 is 0 Å². The number of hydrogen-bond acceptors (Lipinski definition) is 4. The van der Waals surface area contributed by atoms with Crippen LogP contribution in [0, 0.1) is 6.92 Å². The van der Waals surface area contributed by atoms with Gasteiger partial charge in [-0.2, -0.15) is 0 Å². The molecular weight excluding hydrogens is 326 g/mol. The molecular formula is C21H27N3O2. The topological polar surface area (TPSA) is 45.7 Å². The minimum absolute atomic E-state index is 0.178.